The largest absolute Gasteiger partial charge is 0.497 e. The molecule has 1 fully saturated rings. The van der Waals surface area contributed by atoms with Gasteiger partial charge in [0.05, 0.1) is 26.9 Å². The van der Waals surface area contributed by atoms with Crippen LogP contribution in [0.15, 0.2) is 72.8 Å². The molecule has 0 radical (unpaired) electrons. The number of carbonyl (C=O) groups excluding carboxylic acids is 2. The first-order chi connectivity index (χ1) is 17.0. The molecule has 182 valence electrons. The molecule has 4 rings (SSSR count). The molecule has 1 aliphatic heterocycles. The number of carbonyl (C=O) groups is 2. The number of methoxy groups -OCH3 is 2. The van der Waals surface area contributed by atoms with Crippen LogP contribution < -0.4 is 14.8 Å². The van der Waals surface area contributed by atoms with E-state index in [1.54, 1.807) is 67.7 Å². The van der Waals surface area contributed by atoms with Crippen LogP contribution in [0.4, 0.5) is 5.69 Å². The van der Waals surface area contributed by atoms with Gasteiger partial charge in [-0.15, -0.1) is 0 Å². The molecule has 0 bridgehead atoms. The Labute approximate surface area is 204 Å². The summed E-state index contributed by atoms with van der Waals surface area (Å²) in [5.74, 6) is 0.895. The highest BCUT2D eigenvalue weighted by Gasteiger charge is 2.35. The van der Waals surface area contributed by atoms with Crippen LogP contribution in [0.5, 0.6) is 11.5 Å². The number of anilines is 1. The standard InChI is InChI=1S/C27H28N2O6/c1-33-22-13-9-19(10-14-22)27(32)28-21-11-7-18(8-12-21)26(31)23-16-35-17-25(30)29(23)15-20-5-3-4-6-24(20)34-2/h3-14,23,26,31H,15-17H2,1-2H3,(H,28,32)/t23-,26-/m1/s1. The Morgan fingerprint density at radius 2 is 1.77 bits per heavy atom. The topological polar surface area (TPSA) is 97.3 Å². The summed E-state index contributed by atoms with van der Waals surface area (Å²) in [6, 6.07) is 20.6. The number of nitrogens with zero attached hydrogens (tertiary/aromatic N) is 1. The zero-order valence-electron chi connectivity index (χ0n) is 19.6. The zero-order chi connectivity index (χ0) is 24.8. The monoisotopic (exact) mass is 476 g/mol. The Kier molecular flexibility index (Phi) is 7.64. The molecule has 2 atom stereocenters. The normalized spacial score (nSPS) is 16.5. The minimum Gasteiger partial charge on any atom is -0.497 e. The van der Waals surface area contributed by atoms with E-state index in [2.05, 4.69) is 5.32 Å². The predicted octanol–water partition coefficient (Wildman–Crippen LogP) is 3.42. The summed E-state index contributed by atoms with van der Waals surface area (Å²) in [6.07, 6.45) is -0.972. The van der Waals surface area contributed by atoms with Crippen LogP contribution in [0.25, 0.3) is 0 Å². The van der Waals surface area contributed by atoms with Crippen molar-refractivity contribution >= 4 is 17.5 Å². The minimum atomic E-state index is -0.972. The van der Waals surface area contributed by atoms with Gasteiger partial charge in [-0.3, -0.25) is 9.59 Å². The first kappa shape index (κ1) is 24.3. The number of aliphatic hydroxyl groups is 1. The Bertz CT molecular complexity index is 1160. The van der Waals surface area contributed by atoms with Gasteiger partial charge >= 0.3 is 0 Å². The van der Waals surface area contributed by atoms with E-state index in [1.165, 1.54) is 0 Å². The molecule has 3 aromatic rings. The maximum absolute atomic E-state index is 12.7. The number of para-hydroxylation sites is 1. The fourth-order valence-corrected chi connectivity index (χ4v) is 4.04. The summed E-state index contributed by atoms with van der Waals surface area (Å²) < 4.78 is 16.0. The van der Waals surface area contributed by atoms with Crippen molar-refractivity contribution in [2.45, 2.75) is 18.7 Å². The number of rotatable bonds is 8. The molecule has 1 heterocycles. The van der Waals surface area contributed by atoms with E-state index in [0.29, 0.717) is 34.9 Å². The smallest absolute Gasteiger partial charge is 0.255 e. The Morgan fingerprint density at radius 3 is 2.46 bits per heavy atom. The van der Waals surface area contributed by atoms with Crippen molar-refractivity contribution in [2.24, 2.45) is 0 Å². The highest BCUT2D eigenvalue weighted by molar-refractivity contribution is 6.04. The second-order valence-electron chi connectivity index (χ2n) is 8.17. The van der Waals surface area contributed by atoms with Crippen molar-refractivity contribution in [3.63, 3.8) is 0 Å². The summed E-state index contributed by atoms with van der Waals surface area (Å²) in [6.45, 7) is 0.469. The highest BCUT2D eigenvalue weighted by Crippen LogP contribution is 2.29. The third-order valence-corrected chi connectivity index (χ3v) is 5.99. The van der Waals surface area contributed by atoms with Gasteiger partial charge in [0.2, 0.25) is 5.91 Å². The first-order valence-corrected chi connectivity index (χ1v) is 11.2. The summed E-state index contributed by atoms with van der Waals surface area (Å²) in [7, 11) is 3.15. The number of hydrogen-bond donors (Lipinski definition) is 2. The van der Waals surface area contributed by atoms with E-state index >= 15 is 0 Å². The number of aliphatic hydroxyl groups excluding tert-OH is 1. The Balaban J connectivity index is 1.46. The van der Waals surface area contributed by atoms with Gasteiger partial charge in [0.1, 0.15) is 24.2 Å². The average molecular weight is 477 g/mol. The van der Waals surface area contributed by atoms with E-state index < -0.39 is 12.1 Å². The molecule has 0 aromatic heterocycles. The lowest BCUT2D eigenvalue weighted by atomic mass is 9.99. The van der Waals surface area contributed by atoms with Gasteiger partial charge < -0.3 is 29.5 Å². The van der Waals surface area contributed by atoms with E-state index in [4.69, 9.17) is 14.2 Å². The second-order valence-corrected chi connectivity index (χ2v) is 8.17. The first-order valence-electron chi connectivity index (χ1n) is 11.2. The van der Waals surface area contributed by atoms with Crippen molar-refractivity contribution in [3.05, 3.63) is 89.5 Å². The molecule has 3 aromatic carbocycles. The van der Waals surface area contributed by atoms with Crippen molar-refractivity contribution in [1.29, 1.82) is 0 Å². The van der Waals surface area contributed by atoms with Gasteiger partial charge in [-0.05, 0) is 48.0 Å². The molecule has 0 saturated carbocycles. The van der Waals surface area contributed by atoms with E-state index in [1.807, 2.05) is 24.3 Å². The van der Waals surface area contributed by atoms with Crippen LogP contribution in [0.1, 0.15) is 27.6 Å². The number of hydrogen-bond acceptors (Lipinski definition) is 6. The molecule has 35 heavy (non-hydrogen) atoms. The molecule has 2 amide bonds. The molecule has 8 nitrogen and oxygen atoms in total. The van der Waals surface area contributed by atoms with Crippen LogP contribution in [-0.4, -0.2) is 55.3 Å². The van der Waals surface area contributed by atoms with Gasteiger partial charge in [0.25, 0.3) is 5.91 Å². The maximum Gasteiger partial charge on any atom is 0.255 e. The molecule has 0 unspecified atom stereocenters. The fraction of sp³-hybridized carbons (Fsp3) is 0.259. The summed E-state index contributed by atoms with van der Waals surface area (Å²) in [5, 5.41) is 14.0. The molecule has 0 spiro atoms. The lowest BCUT2D eigenvalue weighted by molar-refractivity contribution is -0.155. The number of nitrogens with one attached hydrogen (secondary N) is 1. The van der Waals surface area contributed by atoms with Crippen LogP contribution in [0.2, 0.25) is 0 Å². The van der Waals surface area contributed by atoms with Crippen molar-refractivity contribution in [3.8, 4) is 11.5 Å². The molecule has 2 N–H and O–H groups in total. The van der Waals surface area contributed by atoms with Gasteiger partial charge in [-0.25, -0.2) is 0 Å². The minimum absolute atomic E-state index is 0.0330. The molecule has 8 heteroatoms. The number of benzene rings is 3. The van der Waals surface area contributed by atoms with E-state index in [0.717, 1.165) is 5.56 Å². The molecule has 1 saturated heterocycles. The van der Waals surface area contributed by atoms with E-state index in [-0.39, 0.29) is 25.0 Å². The van der Waals surface area contributed by atoms with Gasteiger partial charge in [0, 0.05) is 23.4 Å². The molecule has 1 aliphatic rings. The molecular weight excluding hydrogens is 448 g/mol. The van der Waals surface area contributed by atoms with Gasteiger partial charge in [0.15, 0.2) is 0 Å². The van der Waals surface area contributed by atoms with Crippen molar-refractivity contribution < 1.29 is 28.9 Å². The third-order valence-electron chi connectivity index (χ3n) is 5.99. The third kappa shape index (κ3) is 5.62. The van der Waals surface area contributed by atoms with Crippen LogP contribution >= 0.6 is 0 Å². The van der Waals surface area contributed by atoms with Crippen LogP contribution in [-0.2, 0) is 16.1 Å². The summed E-state index contributed by atoms with van der Waals surface area (Å²) in [4.78, 5) is 26.8. The summed E-state index contributed by atoms with van der Waals surface area (Å²) >= 11 is 0. The fourth-order valence-electron chi connectivity index (χ4n) is 4.04. The van der Waals surface area contributed by atoms with Crippen molar-refractivity contribution in [2.75, 3.05) is 32.8 Å². The Morgan fingerprint density at radius 1 is 1.06 bits per heavy atom. The van der Waals surface area contributed by atoms with Gasteiger partial charge in [-0.2, -0.15) is 0 Å². The lowest BCUT2D eigenvalue weighted by Crippen LogP contribution is -2.51. The number of morpholine rings is 1. The Hall–Kier alpha value is -3.88. The lowest BCUT2D eigenvalue weighted by Gasteiger charge is -2.38. The zero-order valence-corrected chi connectivity index (χ0v) is 19.6. The van der Waals surface area contributed by atoms with E-state index in [9.17, 15) is 14.7 Å². The van der Waals surface area contributed by atoms with Crippen LogP contribution in [0, 0.1) is 0 Å². The quantitative estimate of drug-likeness (QED) is 0.517. The van der Waals surface area contributed by atoms with Crippen molar-refractivity contribution in [1.82, 2.24) is 4.90 Å². The summed E-state index contributed by atoms with van der Waals surface area (Å²) in [5.41, 5.74) is 2.54. The predicted molar refractivity (Wildman–Crippen MR) is 130 cm³/mol. The average Bonchev–Trinajstić information content (AvgIpc) is 2.90. The maximum atomic E-state index is 12.7. The van der Waals surface area contributed by atoms with Crippen LogP contribution in [0.3, 0.4) is 0 Å². The molecule has 0 aliphatic carbocycles. The number of ether oxygens (including phenoxy) is 3. The number of amides is 2. The van der Waals surface area contributed by atoms with Gasteiger partial charge in [-0.1, -0.05) is 30.3 Å². The second kappa shape index (κ2) is 11.0. The molecular formula is C27H28N2O6. The SMILES string of the molecule is COc1ccc(C(=O)Nc2ccc([C@@H](O)[C@H]3COCC(=O)N3Cc3ccccc3OC)cc2)cc1. The highest BCUT2D eigenvalue weighted by atomic mass is 16.5.